The first-order chi connectivity index (χ1) is 13.2. The summed E-state index contributed by atoms with van der Waals surface area (Å²) in [4.78, 5) is 21.5. The van der Waals surface area contributed by atoms with E-state index >= 15 is 0 Å². The molecule has 0 bridgehead atoms. The Hall–Kier alpha value is -2.21. The van der Waals surface area contributed by atoms with Crippen molar-refractivity contribution in [3.8, 4) is 0 Å². The molecule has 27 heavy (non-hydrogen) atoms. The van der Waals surface area contributed by atoms with E-state index in [1.54, 1.807) is 18.3 Å². The van der Waals surface area contributed by atoms with Gasteiger partial charge in [-0.25, -0.2) is 9.37 Å². The molecule has 144 valence electrons. The van der Waals surface area contributed by atoms with Crippen molar-refractivity contribution in [1.82, 2.24) is 14.8 Å². The summed E-state index contributed by atoms with van der Waals surface area (Å²) in [6.45, 7) is 3.31. The number of amides is 1. The summed E-state index contributed by atoms with van der Waals surface area (Å²) in [5.74, 6) is 1.31. The summed E-state index contributed by atoms with van der Waals surface area (Å²) in [7, 11) is 0. The van der Waals surface area contributed by atoms with Crippen LogP contribution in [0, 0.1) is 5.82 Å². The number of piperidine rings is 1. The molecule has 2 fully saturated rings. The van der Waals surface area contributed by atoms with Gasteiger partial charge >= 0.3 is 0 Å². The molecule has 1 aromatic heterocycles. The average molecular weight is 371 g/mol. The fraction of sp³-hybridized carbons (Fsp3) is 0.524. The van der Waals surface area contributed by atoms with E-state index in [0.717, 1.165) is 50.2 Å². The van der Waals surface area contributed by atoms with Crippen molar-refractivity contribution in [3.63, 3.8) is 0 Å². The third-order valence-electron chi connectivity index (χ3n) is 5.53. The Balaban J connectivity index is 1.44. The van der Waals surface area contributed by atoms with Gasteiger partial charge in [0.25, 0.3) is 0 Å². The van der Waals surface area contributed by atoms with Crippen LogP contribution in [0.1, 0.15) is 55.4 Å². The van der Waals surface area contributed by atoms with Gasteiger partial charge in [-0.15, -0.1) is 0 Å². The van der Waals surface area contributed by atoms with E-state index in [1.165, 1.54) is 25.0 Å². The molecular weight excluding hydrogens is 345 g/mol. The molecule has 2 aliphatic heterocycles. The highest BCUT2D eigenvalue weighted by Crippen LogP contribution is 2.31. The van der Waals surface area contributed by atoms with Crippen molar-refractivity contribution < 1.29 is 13.6 Å². The number of oxazole rings is 1. The number of aromatic nitrogens is 1. The van der Waals surface area contributed by atoms with Crippen LogP contribution in [-0.2, 0) is 11.2 Å². The summed E-state index contributed by atoms with van der Waals surface area (Å²) in [6, 6.07) is 6.34. The molecule has 6 heteroatoms. The predicted octanol–water partition coefficient (Wildman–Crippen LogP) is 3.55. The number of carbonyl (C=O) groups excluding carboxylic acids is 1. The molecule has 3 heterocycles. The summed E-state index contributed by atoms with van der Waals surface area (Å²) < 4.78 is 19.1. The molecule has 2 aliphatic rings. The Morgan fingerprint density at radius 2 is 1.85 bits per heavy atom. The van der Waals surface area contributed by atoms with E-state index in [1.807, 2.05) is 4.90 Å². The second-order valence-corrected chi connectivity index (χ2v) is 7.55. The molecule has 2 saturated heterocycles. The molecule has 0 aliphatic carbocycles. The van der Waals surface area contributed by atoms with Gasteiger partial charge in [-0.2, -0.15) is 0 Å². The highest BCUT2D eigenvalue weighted by molar-refractivity contribution is 5.78. The molecule has 0 N–H and O–H groups in total. The van der Waals surface area contributed by atoms with Crippen LogP contribution in [0.15, 0.2) is 34.9 Å². The summed E-state index contributed by atoms with van der Waals surface area (Å²) >= 11 is 0. The summed E-state index contributed by atoms with van der Waals surface area (Å²) in [6.07, 6.45) is 7.67. The fourth-order valence-corrected chi connectivity index (χ4v) is 4.07. The zero-order chi connectivity index (χ0) is 18.6. The van der Waals surface area contributed by atoms with Gasteiger partial charge in [0.15, 0.2) is 0 Å². The van der Waals surface area contributed by atoms with E-state index in [0.29, 0.717) is 18.9 Å². The van der Waals surface area contributed by atoms with Crippen molar-refractivity contribution in [1.29, 1.82) is 0 Å². The SMILES string of the molecule is O=C(CN1CCCC1)N1CCCCC1c1ncc(Cc2ccc(F)cc2)o1. The lowest BCUT2D eigenvalue weighted by atomic mass is 10.0. The molecular formula is C21H26FN3O2. The van der Waals surface area contributed by atoms with Gasteiger partial charge < -0.3 is 9.32 Å². The molecule has 0 radical (unpaired) electrons. The van der Waals surface area contributed by atoms with Crippen LogP contribution < -0.4 is 0 Å². The van der Waals surface area contributed by atoms with E-state index in [4.69, 9.17) is 4.42 Å². The third kappa shape index (κ3) is 4.38. The molecule has 5 nitrogen and oxygen atoms in total. The largest absolute Gasteiger partial charge is 0.443 e. The first kappa shape index (κ1) is 18.2. The van der Waals surface area contributed by atoms with Gasteiger partial charge in [0.1, 0.15) is 17.6 Å². The fourth-order valence-electron chi connectivity index (χ4n) is 4.07. The van der Waals surface area contributed by atoms with E-state index < -0.39 is 0 Å². The number of nitrogens with zero attached hydrogens (tertiary/aromatic N) is 3. The van der Waals surface area contributed by atoms with Gasteiger partial charge in [-0.3, -0.25) is 9.69 Å². The maximum atomic E-state index is 13.1. The van der Waals surface area contributed by atoms with Gasteiger partial charge in [0.05, 0.1) is 12.7 Å². The van der Waals surface area contributed by atoms with Gasteiger partial charge in [-0.05, 0) is 62.9 Å². The van der Waals surface area contributed by atoms with E-state index in [9.17, 15) is 9.18 Å². The lowest BCUT2D eigenvalue weighted by molar-refractivity contribution is -0.136. The molecule has 2 aromatic rings. The number of benzene rings is 1. The maximum Gasteiger partial charge on any atom is 0.237 e. The van der Waals surface area contributed by atoms with Crippen LogP contribution in [0.25, 0.3) is 0 Å². The van der Waals surface area contributed by atoms with E-state index in [-0.39, 0.29) is 17.8 Å². The van der Waals surface area contributed by atoms with Crippen LogP contribution in [0.4, 0.5) is 4.39 Å². The molecule has 1 aromatic carbocycles. The molecule has 4 rings (SSSR count). The Bertz CT molecular complexity index is 768. The number of halogens is 1. The zero-order valence-corrected chi connectivity index (χ0v) is 15.6. The zero-order valence-electron chi connectivity index (χ0n) is 15.6. The summed E-state index contributed by atoms with van der Waals surface area (Å²) in [5.41, 5.74) is 0.977. The topological polar surface area (TPSA) is 49.6 Å². The number of hydrogen-bond donors (Lipinski definition) is 0. The monoisotopic (exact) mass is 371 g/mol. The van der Waals surface area contributed by atoms with Crippen LogP contribution >= 0.6 is 0 Å². The molecule has 1 atom stereocenters. The highest BCUT2D eigenvalue weighted by atomic mass is 19.1. The minimum Gasteiger partial charge on any atom is -0.443 e. The van der Waals surface area contributed by atoms with Gasteiger partial charge in [0.2, 0.25) is 11.8 Å². The van der Waals surface area contributed by atoms with Crippen molar-refractivity contribution in [2.75, 3.05) is 26.2 Å². The van der Waals surface area contributed by atoms with Crippen molar-refractivity contribution in [3.05, 3.63) is 53.5 Å². The Kier molecular flexibility index (Phi) is 5.53. The first-order valence-electron chi connectivity index (χ1n) is 9.90. The molecule has 1 unspecified atom stereocenters. The smallest absolute Gasteiger partial charge is 0.237 e. The average Bonchev–Trinajstić information content (AvgIpc) is 3.36. The Morgan fingerprint density at radius 3 is 2.63 bits per heavy atom. The van der Waals surface area contributed by atoms with Crippen LogP contribution in [0.5, 0.6) is 0 Å². The lowest BCUT2D eigenvalue weighted by Crippen LogP contribution is -2.43. The van der Waals surface area contributed by atoms with Crippen molar-refractivity contribution in [2.24, 2.45) is 0 Å². The number of carbonyl (C=O) groups is 1. The van der Waals surface area contributed by atoms with Gasteiger partial charge in [0, 0.05) is 13.0 Å². The quantitative estimate of drug-likeness (QED) is 0.806. The van der Waals surface area contributed by atoms with Gasteiger partial charge in [-0.1, -0.05) is 12.1 Å². The minimum absolute atomic E-state index is 0.0733. The molecule has 1 amide bonds. The predicted molar refractivity (Wildman–Crippen MR) is 99.7 cm³/mol. The normalized spacial score (nSPS) is 20.9. The highest BCUT2D eigenvalue weighted by Gasteiger charge is 2.32. The maximum absolute atomic E-state index is 13.1. The number of likely N-dealkylation sites (tertiary alicyclic amines) is 2. The third-order valence-corrected chi connectivity index (χ3v) is 5.53. The second kappa shape index (κ2) is 8.21. The lowest BCUT2D eigenvalue weighted by Gasteiger charge is -2.34. The minimum atomic E-state index is -0.244. The Morgan fingerprint density at radius 1 is 1.11 bits per heavy atom. The second-order valence-electron chi connectivity index (χ2n) is 7.55. The molecule has 0 spiro atoms. The van der Waals surface area contributed by atoms with Crippen LogP contribution in [-0.4, -0.2) is 46.9 Å². The van der Waals surface area contributed by atoms with Crippen molar-refractivity contribution >= 4 is 5.91 Å². The van der Waals surface area contributed by atoms with Crippen LogP contribution in [0.3, 0.4) is 0 Å². The number of hydrogen-bond acceptors (Lipinski definition) is 4. The standard InChI is InChI=1S/C21H26FN3O2/c22-17-8-6-16(7-9-17)13-18-14-23-21(27-18)19-5-1-2-12-25(19)20(26)15-24-10-3-4-11-24/h6-9,14,19H,1-5,10-13,15H2. The summed E-state index contributed by atoms with van der Waals surface area (Å²) in [5, 5.41) is 0. The number of rotatable bonds is 5. The van der Waals surface area contributed by atoms with Crippen molar-refractivity contribution in [2.45, 2.75) is 44.6 Å². The van der Waals surface area contributed by atoms with Crippen LogP contribution in [0.2, 0.25) is 0 Å². The first-order valence-corrected chi connectivity index (χ1v) is 9.90. The molecule has 0 saturated carbocycles. The Labute approximate surface area is 159 Å². The van der Waals surface area contributed by atoms with E-state index in [2.05, 4.69) is 9.88 Å².